The number of piperidine rings is 1. The Morgan fingerprint density at radius 3 is 2.63 bits per heavy atom. The van der Waals surface area contributed by atoms with Crippen LogP contribution in [0.4, 0.5) is 0 Å². The molecule has 0 aliphatic carbocycles. The molecular formula is C16H24N2O. The highest BCUT2D eigenvalue weighted by molar-refractivity contribution is 5.78. The largest absolute Gasteiger partial charge is 0.355 e. The van der Waals surface area contributed by atoms with Crippen LogP contribution in [0.3, 0.4) is 0 Å². The molecule has 1 amide bonds. The molecule has 1 aliphatic heterocycles. The molecule has 1 fully saturated rings. The van der Waals surface area contributed by atoms with Crippen LogP contribution in [-0.2, 0) is 4.79 Å². The molecule has 1 aromatic rings. The molecule has 1 heterocycles. The lowest BCUT2D eigenvalue weighted by Gasteiger charge is -2.23. The molecule has 3 nitrogen and oxygen atoms in total. The van der Waals surface area contributed by atoms with Crippen molar-refractivity contribution in [2.75, 3.05) is 19.6 Å². The van der Waals surface area contributed by atoms with Gasteiger partial charge in [0, 0.05) is 18.4 Å². The highest BCUT2D eigenvalue weighted by Gasteiger charge is 2.21. The van der Waals surface area contributed by atoms with Crippen LogP contribution in [0.1, 0.15) is 37.7 Å². The summed E-state index contributed by atoms with van der Waals surface area (Å²) in [4.78, 5) is 12.1. The van der Waals surface area contributed by atoms with Gasteiger partial charge < -0.3 is 10.6 Å². The van der Waals surface area contributed by atoms with Crippen molar-refractivity contribution >= 4 is 5.91 Å². The molecule has 2 N–H and O–H groups in total. The molecule has 1 aliphatic rings. The Morgan fingerprint density at radius 1 is 1.32 bits per heavy atom. The SMILES string of the molecule is CCC(CNC(=O)C1CCNCC1)c1ccccc1. The zero-order valence-electron chi connectivity index (χ0n) is 11.7. The Hall–Kier alpha value is -1.35. The number of nitrogens with one attached hydrogen (secondary N) is 2. The number of rotatable bonds is 5. The summed E-state index contributed by atoms with van der Waals surface area (Å²) in [7, 11) is 0. The maximum absolute atomic E-state index is 12.1. The van der Waals surface area contributed by atoms with Gasteiger partial charge in [-0.25, -0.2) is 0 Å². The summed E-state index contributed by atoms with van der Waals surface area (Å²) in [6, 6.07) is 10.4. The molecule has 0 saturated carbocycles. The minimum atomic E-state index is 0.203. The number of amides is 1. The van der Waals surface area contributed by atoms with Crippen molar-refractivity contribution in [1.29, 1.82) is 0 Å². The van der Waals surface area contributed by atoms with Gasteiger partial charge in [0.25, 0.3) is 0 Å². The lowest BCUT2D eigenvalue weighted by atomic mass is 9.94. The first-order valence-electron chi connectivity index (χ1n) is 7.34. The second kappa shape index (κ2) is 7.29. The average Bonchev–Trinajstić information content (AvgIpc) is 2.49. The maximum Gasteiger partial charge on any atom is 0.223 e. The van der Waals surface area contributed by atoms with Crippen LogP contribution in [0.25, 0.3) is 0 Å². The number of hydrogen-bond donors (Lipinski definition) is 2. The third kappa shape index (κ3) is 4.06. The third-order valence-electron chi connectivity index (χ3n) is 4.00. The molecule has 19 heavy (non-hydrogen) atoms. The number of carbonyl (C=O) groups excluding carboxylic acids is 1. The molecular weight excluding hydrogens is 236 g/mol. The summed E-state index contributed by atoms with van der Waals surface area (Å²) in [5.41, 5.74) is 1.32. The Labute approximate surface area is 115 Å². The van der Waals surface area contributed by atoms with E-state index in [1.165, 1.54) is 5.56 Å². The van der Waals surface area contributed by atoms with Gasteiger partial charge in [0.15, 0.2) is 0 Å². The van der Waals surface area contributed by atoms with Gasteiger partial charge in [0.05, 0.1) is 0 Å². The molecule has 3 heteroatoms. The van der Waals surface area contributed by atoms with Crippen molar-refractivity contribution in [3.8, 4) is 0 Å². The van der Waals surface area contributed by atoms with E-state index in [1.54, 1.807) is 0 Å². The van der Waals surface area contributed by atoms with E-state index in [2.05, 4.69) is 41.8 Å². The summed E-state index contributed by atoms with van der Waals surface area (Å²) in [5.74, 6) is 0.859. The van der Waals surface area contributed by atoms with Gasteiger partial charge in [-0.1, -0.05) is 37.3 Å². The molecule has 104 valence electrons. The number of carbonyl (C=O) groups is 1. The van der Waals surface area contributed by atoms with Gasteiger partial charge in [-0.05, 0) is 37.9 Å². The second-order valence-electron chi connectivity index (χ2n) is 5.29. The summed E-state index contributed by atoms with van der Waals surface area (Å²) < 4.78 is 0. The molecule has 1 saturated heterocycles. The van der Waals surface area contributed by atoms with E-state index in [0.29, 0.717) is 5.92 Å². The van der Waals surface area contributed by atoms with Crippen LogP contribution in [0.5, 0.6) is 0 Å². The lowest BCUT2D eigenvalue weighted by Crippen LogP contribution is -2.39. The van der Waals surface area contributed by atoms with Gasteiger partial charge in [-0.15, -0.1) is 0 Å². The predicted molar refractivity (Wildman–Crippen MR) is 78.1 cm³/mol. The van der Waals surface area contributed by atoms with E-state index in [-0.39, 0.29) is 11.8 Å². The van der Waals surface area contributed by atoms with E-state index in [0.717, 1.165) is 38.9 Å². The van der Waals surface area contributed by atoms with Gasteiger partial charge in [-0.2, -0.15) is 0 Å². The quantitative estimate of drug-likeness (QED) is 0.853. The maximum atomic E-state index is 12.1. The number of benzene rings is 1. The Bertz CT molecular complexity index is 385. The molecule has 0 bridgehead atoms. The zero-order valence-corrected chi connectivity index (χ0v) is 11.7. The van der Waals surface area contributed by atoms with E-state index < -0.39 is 0 Å². The fourth-order valence-corrected chi connectivity index (χ4v) is 2.68. The predicted octanol–water partition coefficient (Wildman–Crippen LogP) is 2.30. The van der Waals surface area contributed by atoms with Gasteiger partial charge in [0.1, 0.15) is 0 Å². The topological polar surface area (TPSA) is 41.1 Å². The minimum Gasteiger partial charge on any atom is -0.355 e. The first kappa shape index (κ1) is 14.1. The molecule has 2 rings (SSSR count). The van der Waals surface area contributed by atoms with E-state index in [9.17, 15) is 4.79 Å². The van der Waals surface area contributed by atoms with Crippen molar-refractivity contribution in [2.24, 2.45) is 5.92 Å². The van der Waals surface area contributed by atoms with Crippen LogP contribution >= 0.6 is 0 Å². The molecule has 1 aromatic carbocycles. The molecule has 0 radical (unpaired) electrons. The van der Waals surface area contributed by atoms with Crippen molar-refractivity contribution in [3.63, 3.8) is 0 Å². The molecule has 0 spiro atoms. The van der Waals surface area contributed by atoms with E-state index in [1.807, 2.05) is 6.07 Å². The first-order valence-corrected chi connectivity index (χ1v) is 7.34. The normalized spacial score (nSPS) is 17.9. The van der Waals surface area contributed by atoms with Crippen molar-refractivity contribution < 1.29 is 4.79 Å². The highest BCUT2D eigenvalue weighted by Crippen LogP contribution is 2.18. The summed E-state index contributed by atoms with van der Waals surface area (Å²) in [6.45, 7) is 4.86. The lowest BCUT2D eigenvalue weighted by molar-refractivity contribution is -0.125. The smallest absolute Gasteiger partial charge is 0.223 e. The summed E-state index contributed by atoms with van der Waals surface area (Å²) >= 11 is 0. The first-order chi connectivity index (χ1) is 9.31. The molecule has 0 aromatic heterocycles. The third-order valence-corrected chi connectivity index (χ3v) is 4.00. The van der Waals surface area contributed by atoms with Gasteiger partial charge in [0.2, 0.25) is 5.91 Å². The Morgan fingerprint density at radius 2 is 2.00 bits per heavy atom. The fourth-order valence-electron chi connectivity index (χ4n) is 2.68. The van der Waals surface area contributed by atoms with Gasteiger partial charge in [-0.3, -0.25) is 4.79 Å². The zero-order chi connectivity index (χ0) is 13.5. The minimum absolute atomic E-state index is 0.203. The summed E-state index contributed by atoms with van der Waals surface area (Å²) in [6.07, 6.45) is 2.98. The van der Waals surface area contributed by atoms with Crippen LogP contribution in [0.15, 0.2) is 30.3 Å². The summed E-state index contributed by atoms with van der Waals surface area (Å²) in [5, 5.41) is 6.43. The fraction of sp³-hybridized carbons (Fsp3) is 0.562. The highest BCUT2D eigenvalue weighted by atomic mass is 16.1. The van der Waals surface area contributed by atoms with Crippen molar-refractivity contribution in [2.45, 2.75) is 32.1 Å². The average molecular weight is 260 g/mol. The van der Waals surface area contributed by atoms with Crippen LogP contribution in [0, 0.1) is 5.92 Å². The monoisotopic (exact) mass is 260 g/mol. The van der Waals surface area contributed by atoms with Crippen LogP contribution in [0.2, 0.25) is 0 Å². The second-order valence-corrected chi connectivity index (χ2v) is 5.29. The van der Waals surface area contributed by atoms with E-state index >= 15 is 0 Å². The van der Waals surface area contributed by atoms with Crippen molar-refractivity contribution in [1.82, 2.24) is 10.6 Å². The Kier molecular flexibility index (Phi) is 5.40. The number of hydrogen-bond acceptors (Lipinski definition) is 2. The Balaban J connectivity index is 1.84. The van der Waals surface area contributed by atoms with Crippen LogP contribution < -0.4 is 10.6 Å². The van der Waals surface area contributed by atoms with Crippen molar-refractivity contribution in [3.05, 3.63) is 35.9 Å². The van der Waals surface area contributed by atoms with Gasteiger partial charge >= 0.3 is 0 Å². The standard InChI is InChI=1S/C16H24N2O/c1-2-13(14-6-4-3-5-7-14)12-18-16(19)15-8-10-17-11-9-15/h3-7,13,15,17H,2,8-12H2,1H3,(H,18,19). The molecule has 1 atom stereocenters. The molecule has 1 unspecified atom stereocenters. The van der Waals surface area contributed by atoms with E-state index in [4.69, 9.17) is 0 Å². The van der Waals surface area contributed by atoms with Crippen LogP contribution in [-0.4, -0.2) is 25.5 Å².